The van der Waals surface area contributed by atoms with Gasteiger partial charge in [0.2, 0.25) is 0 Å². The Hall–Kier alpha value is -1.06. The van der Waals surface area contributed by atoms with Gasteiger partial charge in [0.05, 0.1) is 0 Å². The van der Waals surface area contributed by atoms with Crippen molar-refractivity contribution in [3.63, 3.8) is 0 Å². The van der Waals surface area contributed by atoms with Crippen LogP contribution >= 0.6 is 15.9 Å². The Kier molecular flexibility index (Phi) is 4.02. The van der Waals surface area contributed by atoms with Crippen LogP contribution in [0, 0.1) is 0 Å². The number of rotatable bonds is 4. The van der Waals surface area contributed by atoms with E-state index in [1.807, 2.05) is 12.1 Å². The predicted octanol–water partition coefficient (Wildman–Crippen LogP) is 3.72. The first kappa shape index (κ1) is 12.4. The number of ether oxygens (including phenoxy) is 1. The van der Waals surface area contributed by atoms with Crippen LogP contribution in [0.25, 0.3) is 10.8 Å². The highest BCUT2D eigenvalue weighted by Gasteiger charge is 2.05. The van der Waals surface area contributed by atoms with Crippen molar-refractivity contribution in [2.24, 2.45) is 5.73 Å². The molecule has 90 valence electrons. The second-order valence-corrected chi connectivity index (χ2v) is 4.95. The predicted molar refractivity (Wildman–Crippen MR) is 75.4 cm³/mol. The summed E-state index contributed by atoms with van der Waals surface area (Å²) in [5.74, 6) is 0.886. The molecule has 2 nitrogen and oxygen atoms in total. The Morgan fingerprint density at radius 2 is 1.88 bits per heavy atom. The van der Waals surface area contributed by atoms with Crippen molar-refractivity contribution in [2.75, 3.05) is 6.54 Å². The van der Waals surface area contributed by atoms with Gasteiger partial charge in [0, 0.05) is 11.0 Å². The molecule has 0 fully saturated rings. The van der Waals surface area contributed by atoms with Gasteiger partial charge in [-0.05, 0) is 41.5 Å². The molecule has 0 aliphatic heterocycles. The van der Waals surface area contributed by atoms with E-state index in [2.05, 4.69) is 47.1 Å². The molecule has 0 amide bonds. The van der Waals surface area contributed by atoms with Crippen LogP contribution in [0.3, 0.4) is 0 Å². The maximum absolute atomic E-state index is 5.81. The molecule has 0 aliphatic rings. The van der Waals surface area contributed by atoms with Gasteiger partial charge >= 0.3 is 0 Å². The summed E-state index contributed by atoms with van der Waals surface area (Å²) in [4.78, 5) is 0. The number of fused-ring (bicyclic) bond motifs is 1. The molecule has 0 heterocycles. The van der Waals surface area contributed by atoms with Crippen LogP contribution in [0.4, 0.5) is 0 Å². The molecule has 1 unspecified atom stereocenters. The van der Waals surface area contributed by atoms with Crippen LogP contribution in [0.5, 0.6) is 5.75 Å². The van der Waals surface area contributed by atoms with Crippen LogP contribution in [0.15, 0.2) is 40.9 Å². The Morgan fingerprint density at radius 1 is 1.18 bits per heavy atom. The molecular formula is C14H16BrNO. The van der Waals surface area contributed by atoms with Crippen molar-refractivity contribution in [2.45, 2.75) is 19.4 Å². The highest BCUT2D eigenvalue weighted by atomic mass is 79.9. The van der Waals surface area contributed by atoms with E-state index in [1.165, 1.54) is 10.8 Å². The number of hydrogen-bond acceptors (Lipinski definition) is 2. The van der Waals surface area contributed by atoms with E-state index in [0.29, 0.717) is 6.54 Å². The van der Waals surface area contributed by atoms with Gasteiger partial charge in [-0.15, -0.1) is 0 Å². The zero-order valence-electron chi connectivity index (χ0n) is 9.82. The smallest absolute Gasteiger partial charge is 0.120 e. The molecule has 0 aliphatic carbocycles. The van der Waals surface area contributed by atoms with Crippen LogP contribution < -0.4 is 10.5 Å². The third-order valence-corrected chi connectivity index (χ3v) is 3.29. The molecule has 3 heteroatoms. The van der Waals surface area contributed by atoms with Crippen molar-refractivity contribution in [1.82, 2.24) is 0 Å². The van der Waals surface area contributed by atoms with Crippen LogP contribution in [-0.2, 0) is 0 Å². The lowest BCUT2D eigenvalue weighted by Crippen LogP contribution is -2.25. The Bertz CT molecular complexity index is 509. The zero-order valence-corrected chi connectivity index (χ0v) is 11.4. The number of halogens is 1. The van der Waals surface area contributed by atoms with Crippen molar-refractivity contribution in [3.05, 3.63) is 40.9 Å². The zero-order chi connectivity index (χ0) is 12.3. The van der Waals surface area contributed by atoms with Gasteiger partial charge < -0.3 is 10.5 Å². The summed E-state index contributed by atoms with van der Waals surface area (Å²) in [6, 6.07) is 12.3. The standard InChI is InChI=1S/C14H16BrNO/c1-2-13(9-16)17-14-6-4-10-7-12(15)5-3-11(10)8-14/h3-8,13H,2,9,16H2,1H3. The van der Waals surface area contributed by atoms with Crippen LogP contribution in [0.1, 0.15) is 13.3 Å². The summed E-state index contributed by atoms with van der Waals surface area (Å²) in [7, 11) is 0. The molecule has 1 atom stereocenters. The van der Waals surface area contributed by atoms with E-state index in [-0.39, 0.29) is 6.10 Å². The van der Waals surface area contributed by atoms with Crippen LogP contribution in [0.2, 0.25) is 0 Å². The number of benzene rings is 2. The van der Waals surface area contributed by atoms with E-state index in [4.69, 9.17) is 10.5 Å². The molecular weight excluding hydrogens is 278 g/mol. The average molecular weight is 294 g/mol. The van der Waals surface area contributed by atoms with E-state index < -0.39 is 0 Å². The fourth-order valence-electron chi connectivity index (χ4n) is 1.76. The molecule has 0 spiro atoms. The minimum Gasteiger partial charge on any atom is -0.489 e. The molecule has 2 aromatic carbocycles. The van der Waals surface area contributed by atoms with Gasteiger partial charge in [-0.1, -0.05) is 35.0 Å². The molecule has 2 aromatic rings. The van der Waals surface area contributed by atoms with Crippen molar-refractivity contribution in [1.29, 1.82) is 0 Å². The van der Waals surface area contributed by atoms with Crippen LogP contribution in [-0.4, -0.2) is 12.6 Å². The Labute approximate surface area is 110 Å². The van der Waals surface area contributed by atoms with Crippen molar-refractivity contribution >= 4 is 26.7 Å². The number of hydrogen-bond donors (Lipinski definition) is 1. The molecule has 0 aromatic heterocycles. The second kappa shape index (κ2) is 5.52. The third kappa shape index (κ3) is 2.99. The van der Waals surface area contributed by atoms with Gasteiger partial charge in [-0.2, -0.15) is 0 Å². The molecule has 0 saturated heterocycles. The van der Waals surface area contributed by atoms with E-state index >= 15 is 0 Å². The summed E-state index contributed by atoms with van der Waals surface area (Å²) < 4.78 is 6.90. The molecule has 2 rings (SSSR count). The topological polar surface area (TPSA) is 35.2 Å². The largest absolute Gasteiger partial charge is 0.489 e. The average Bonchev–Trinajstić information content (AvgIpc) is 2.36. The maximum Gasteiger partial charge on any atom is 0.120 e. The highest BCUT2D eigenvalue weighted by molar-refractivity contribution is 9.10. The van der Waals surface area contributed by atoms with Gasteiger partial charge in [0.15, 0.2) is 0 Å². The van der Waals surface area contributed by atoms with Crippen molar-refractivity contribution < 1.29 is 4.74 Å². The normalized spacial score (nSPS) is 12.6. The lowest BCUT2D eigenvalue weighted by atomic mass is 10.1. The number of nitrogens with two attached hydrogens (primary N) is 1. The summed E-state index contributed by atoms with van der Waals surface area (Å²) in [5.41, 5.74) is 5.63. The van der Waals surface area contributed by atoms with Gasteiger partial charge in [-0.3, -0.25) is 0 Å². The maximum atomic E-state index is 5.81. The lowest BCUT2D eigenvalue weighted by Gasteiger charge is -2.15. The second-order valence-electron chi connectivity index (χ2n) is 4.04. The molecule has 0 bridgehead atoms. The molecule has 0 radical (unpaired) electrons. The molecule has 2 N–H and O–H groups in total. The van der Waals surface area contributed by atoms with Gasteiger partial charge in [-0.25, -0.2) is 0 Å². The SMILES string of the molecule is CCC(CN)Oc1ccc2cc(Br)ccc2c1. The Balaban J connectivity index is 2.28. The first-order chi connectivity index (χ1) is 8.22. The van der Waals surface area contributed by atoms with E-state index in [1.54, 1.807) is 0 Å². The fraction of sp³-hybridized carbons (Fsp3) is 0.286. The first-order valence-electron chi connectivity index (χ1n) is 5.79. The lowest BCUT2D eigenvalue weighted by molar-refractivity contribution is 0.205. The molecule has 17 heavy (non-hydrogen) atoms. The minimum atomic E-state index is 0.0999. The monoisotopic (exact) mass is 293 g/mol. The third-order valence-electron chi connectivity index (χ3n) is 2.79. The first-order valence-corrected chi connectivity index (χ1v) is 6.58. The summed E-state index contributed by atoms with van der Waals surface area (Å²) in [5, 5.41) is 2.38. The van der Waals surface area contributed by atoms with Crippen molar-refractivity contribution in [3.8, 4) is 5.75 Å². The molecule has 0 saturated carbocycles. The van der Waals surface area contributed by atoms with E-state index in [9.17, 15) is 0 Å². The van der Waals surface area contributed by atoms with Gasteiger partial charge in [0.25, 0.3) is 0 Å². The summed E-state index contributed by atoms with van der Waals surface area (Å²) >= 11 is 3.47. The van der Waals surface area contributed by atoms with Gasteiger partial charge in [0.1, 0.15) is 11.9 Å². The Morgan fingerprint density at radius 3 is 2.59 bits per heavy atom. The minimum absolute atomic E-state index is 0.0999. The highest BCUT2D eigenvalue weighted by Crippen LogP contribution is 2.24. The summed E-state index contributed by atoms with van der Waals surface area (Å²) in [6.07, 6.45) is 1.03. The quantitative estimate of drug-likeness (QED) is 0.932. The fourth-order valence-corrected chi connectivity index (χ4v) is 2.14. The van der Waals surface area contributed by atoms with E-state index in [0.717, 1.165) is 16.6 Å². The summed E-state index contributed by atoms with van der Waals surface area (Å²) in [6.45, 7) is 2.63.